The van der Waals surface area contributed by atoms with Gasteiger partial charge in [-0.25, -0.2) is 0 Å². The first kappa shape index (κ1) is 16.0. The lowest BCUT2D eigenvalue weighted by atomic mass is 10.0. The van der Waals surface area contributed by atoms with E-state index in [4.69, 9.17) is 11.6 Å². The monoisotopic (exact) mass is 281 g/mol. The minimum atomic E-state index is 0.0988. The quantitative estimate of drug-likeness (QED) is 0.760. The first-order valence-electron chi connectivity index (χ1n) is 6.95. The second-order valence-corrected chi connectivity index (χ2v) is 5.54. The Morgan fingerprint density at radius 1 is 1.37 bits per heavy atom. The molecule has 3 heteroatoms. The van der Waals surface area contributed by atoms with Gasteiger partial charge in [0, 0.05) is 12.4 Å². The molecule has 0 saturated carbocycles. The van der Waals surface area contributed by atoms with E-state index in [1.807, 2.05) is 6.92 Å². The maximum atomic E-state index is 12.0. The zero-order valence-corrected chi connectivity index (χ0v) is 12.9. The SMILES string of the molecule is CCC(CCCl)CNC(=O)Cc1cc(C)ccc1C. The number of nitrogens with one attached hydrogen (secondary N) is 1. The number of carbonyl (C=O) groups is 1. The highest BCUT2D eigenvalue weighted by Crippen LogP contribution is 2.12. The van der Waals surface area contributed by atoms with Gasteiger partial charge in [-0.15, -0.1) is 11.6 Å². The van der Waals surface area contributed by atoms with Crippen molar-refractivity contribution < 1.29 is 4.79 Å². The Morgan fingerprint density at radius 3 is 2.74 bits per heavy atom. The van der Waals surface area contributed by atoms with E-state index >= 15 is 0 Å². The molecule has 1 atom stereocenters. The Labute approximate surface area is 121 Å². The van der Waals surface area contributed by atoms with Gasteiger partial charge < -0.3 is 5.32 Å². The van der Waals surface area contributed by atoms with E-state index in [1.54, 1.807) is 0 Å². The van der Waals surface area contributed by atoms with Crippen molar-refractivity contribution in [1.82, 2.24) is 5.32 Å². The molecule has 2 nitrogen and oxygen atoms in total. The molecule has 0 saturated heterocycles. The lowest BCUT2D eigenvalue weighted by molar-refractivity contribution is -0.120. The Kier molecular flexibility index (Phi) is 6.93. The third-order valence-electron chi connectivity index (χ3n) is 3.54. The van der Waals surface area contributed by atoms with Crippen LogP contribution in [-0.4, -0.2) is 18.3 Å². The number of rotatable bonds is 7. The summed E-state index contributed by atoms with van der Waals surface area (Å²) in [6, 6.07) is 6.23. The Hall–Kier alpha value is -1.02. The van der Waals surface area contributed by atoms with Crippen molar-refractivity contribution in [3.05, 3.63) is 34.9 Å². The Bertz CT molecular complexity index is 417. The molecule has 0 fully saturated rings. The van der Waals surface area contributed by atoms with E-state index in [-0.39, 0.29) is 5.91 Å². The topological polar surface area (TPSA) is 29.1 Å². The van der Waals surface area contributed by atoms with Gasteiger partial charge in [0.1, 0.15) is 0 Å². The molecule has 0 bridgehead atoms. The molecule has 0 aliphatic carbocycles. The molecule has 1 rings (SSSR count). The molecule has 1 aromatic carbocycles. The molecule has 0 heterocycles. The van der Waals surface area contributed by atoms with Crippen molar-refractivity contribution in [3.8, 4) is 0 Å². The van der Waals surface area contributed by atoms with Crippen LogP contribution in [0.25, 0.3) is 0 Å². The standard InChI is InChI=1S/C16H24ClNO/c1-4-14(7-8-17)11-18-16(19)10-15-9-12(2)5-6-13(15)3/h5-6,9,14H,4,7-8,10-11H2,1-3H3,(H,18,19). The van der Waals surface area contributed by atoms with Gasteiger partial charge in [-0.1, -0.05) is 37.1 Å². The second-order valence-electron chi connectivity index (χ2n) is 5.16. The van der Waals surface area contributed by atoms with Gasteiger partial charge in [0.2, 0.25) is 5.91 Å². The molecule has 19 heavy (non-hydrogen) atoms. The zero-order chi connectivity index (χ0) is 14.3. The molecular weight excluding hydrogens is 258 g/mol. The molecule has 0 aromatic heterocycles. The number of benzene rings is 1. The van der Waals surface area contributed by atoms with Gasteiger partial charge in [0.15, 0.2) is 0 Å². The lowest BCUT2D eigenvalue weighted by Crippen LogP contribution is -2.30. The average molecular weight is 282 g/mol. The van der Waals surface area contributed by atoms with E-state index in [1.165, 1.54) is 11.1 Å². The minimum Gasteiger partial charge on any atom is -0.356 e. The number of aryl methyl sites for hydroxylation is 2. The Morgan fingerprint density at radius 2 is 2.11 bits per heavy atom. The van der Waals surface area contributed by atoms with Crippen LogP contribution in [0.3, 0.4) is 0 Å². The van der Waals surface area contributed by atoms with E-state index in [0.717, 1.165) is 24.9 Å². The number of alkyl halides is 1. The van der Waals surface area contributed by atoms with Crippen LogP contribution >= 0.6 is 11.6 Å². The maximum Gasteiger partial charge on any atom is 0.224 e. The predicted octanol–water partition coefficient (Wildman–Crippen LogP) is 3.62. The van der Waals surface area contributed by atoms with Crippen LogP contribution in [0.4, 0.5) is 0 Å². The summed E-state index contributed by atoms with van der Waals surface area (Å²) in [5.74, 6) is 1.24. The van der Waals surface area contributed by atoms with Crippen molar-refractivity contribution in [1.29, 1.82) is 0 Å². The molecule has 0 radical (unpaired) electrons. The Balaban J connectivity index is 2.48. The summed E-state index contributed by atoms with van der Waals surface area (Å²) in [6.07, 6.45) is 2.48. The highest BCUT2D eigenvalue weighted by Gasteiger charge is 2.09. The molecule has 0 spiro atoms. The van der Waals surface area contributed by atoms with Crippen LogP contribution in [0.1, 0.15) is 36.5 Å². The summed E-state index contributed by atoms with van der Waals surface area (Å²) in [4.78, 5) is 12.0. The molecule has 0 aliphatic rings. The molecule has 1 N–H and O–H groups in total. The van der Waals surface area contributed by atoms with Crippen LogP contribution < -0.4 is 5.32 Å². The van der Waals surface area contributed by atoms with Crippen molar-refractivity contribution in [3.63, 3.8) is 0 Å². The van der Waals surface area contributed by atoms with Crippen LogP contribution in [0.2, 0.25) is 0 Å². The smallest absolute Gasteiger partial charge is 0.224 e. The summed E-state index contributed by atoms with van der Waals surface area (Å²) < 4.78 is 0. The number of carbonyl (C=O) groups excluding carboxylic acids is 1. The maximum absolute atomic E-state index is 12.0. The van der Waals surface area contributed by atoms with Gasteiger partial charge in [-0.2, -0.15) is 0 Å². The molecule has 1 amide bonds. The van der Waals surface area contributed by atoms with Crippen LogP contribution in [0.5, 0.6) is 0 Å². The molecular formula is C16H24ClNO. The number of hydrogen-bond acceptors (Lipinski definition) is 1. The van der Waals surface area contributed by atoms with E-state index in [2.05, 4.69) is 37.4 Å². The number of amides is 1. The molecule has 0 aliphatic heterocycles. The highest BCUT2D eigenvalue weighted by molar-refractivity contribution is 6.17. The molecule has 1 aromatic rings. The summed E-state index contributed by atoms with van der Waals surface area (Å²) in [6.45, 7) is 6.96. The fourth-order valence-corrected chi connectivity index (χ4v) is 2.40. The third kappa shape index (κ3) is 5.65. The lowest BCUT2D eigenvalue weighted by Gasteiger charge is -2.14. The van der Waals surface area contributed by atoms with Crippen molar-refractivity contribution >= 4 is 17.5 Å². The largest absolute Gasteiger partial charge is 0.356 e. The van der Waals surface area contributed by atoms with Crippen molar-refractivity contribution in [2.45, 2.75) is 40.0 Å². The van der Waals surface area contributed by atoms with E-state index < -0.39 is 0 Å². The van der Waals surface area contributed by atoms with Crippen molar-refractivity contribution in [2.75, 3.05) is 12.4 Å². The van der Waals surface area contributed by atoms with Gasteiger partial charge in [0.05, 0.1) is 6.42 Å². The third-order valence-corrected chi connectivity index (χ3v) is 3.76. The van der Waals surface area contributed by atoms with Gasteiger partial charge in [-0.3, -0.25) is 4.79 Å². The molecule has 1 unspecified atom stereocenters. The van der Waals surface area contributed by atoms with Crippen LogP contribution in [0.15, 0.2) is 18.2 Å². The summed E-state index contributed by atoms with van der Waals surface area (Å²) in [5, 5.41) is 3.02. The zero-order valence-electron chi connectivity index (χ0n) is 12.1. The van der Waals surface area contributed by atoms with Gasteiger partial charge in [-0.05, 0) is 37.3 Å². The van der Waals surface area contributed by atoms with E-state index in [0.29, 0.717) is 18.2 Å². The van der Waals surface area contributed by atoms with Crippen LogP contribution in [-0.2, 0) is 11.2 Å². The normalized spacial score (nSPS) is 12.2. The van der Waals surface area contributed by atoms with Gasteiger partial charge in [0.25, 0.3) is 0 Å². The highest BCUT2D eigenvalue weighted by atomic mass is 35.5. The second kappa shape index (κ2) is 8.21. The minimum absolute atomic E-state index is 0.0988. The molecule has 106 valence electrons. The fourth-order valence-electron chi connectivity index (χ4n) is 2.09. The fraction of sp³-hybridized carbons (Fsp3) is 0.562. The number of hydrogen-bond donors (Lipinski definition) is 1. The predicted molar refractivity (Wildman–Crippen MR) is 81.7 cm³/mol. The average Bonchev–Trinajstić information content (AvgIpc) is 2.39. The summed E-state index contributed by atoms with van der Waals surface area (Å²) in [7, 11) is 0. The van der Waals surface area contributed by atoms with Crippen LogP contribution in [0, 0.1) is 19.8 Å². The first-order chi connectivity index (χ1) is 9.06. The number of halogens is 1. The summed E-state index contributed by atoms with van der Waals surface area (Å²) in [5.41, 5.74) is 3.48. The first-order valence-corrected chi connectivity index (χ1v) is 7.49. The summed E-state index contributed by atoms with van der Waals surface area (Å²) >= 11 is 5.75. The van der Waals surface area contributed by atoms with Crippen molar-refractivity contribution in [2.24, 2.45) is 5.92 Å². The van der Waals surface area contributed by atoms with Gasteiger partial charge >= 0.3 is 0 Å². The van der Waals surface area contributed by atoms with E-state index in [9.17, 15) is 4.79 Å².